The van der Waals surface area contributed by atoms with Gasteiger partial charge in [-0.1, -0.05) is 25.1 Å². The van der Waals surface area contributed by atoms with E-state index >= 15 is 0 Å². The summed E-state index contributed by atoms with van der Waals surface area (Å²) in [7, 11) is 3.20. The number of aliphatic hydroxyl groups is 1. The summed E-state index contributed by atoms with van der Waals surface area (Å²) >= 11 is 0. The molecule has 3 heterocycles. The standard InChI is InChI=1S/C28H37N7O5/c1-18-16-34(10-12-39-4)17-23(18)31-28(38)32-25-19(2)24(33-35(25)21-8-6-5-7-9-21)20-14-22(26(37)29-3)27(30-15-20)40-13-11-36/h5-9,14-15,18,23,36H,10-13,16-17H2,1-4H3,(H,29,37)(H2,31,32,38)/t18-,23-/m1/s1. The average Bonchev–Trinajstić information content (AvgIpc) is 3.48. The molecule has 0 spiro atoms. The highest BCUT2D eigenvalue weighted by molar-refractivity contribution is 5.97. The Kier molecular flexibility index (Phi) is 9.70. The first kappa shape index (κ1) is 29.0. The molecule has 4 rings (SSSR count). The van der Waals surface area contributed by atoms with E-state index in [-0.39, 0.29) is 42.6 Å². The van der Waals surface area contributed by atoms with Gasteiger partial charge in [-0.25, -0.2) is 14.5 Å². The molecule has 40 heavy (non-hydrogen) atoms. The Morgan fingerprint density at radius 2 is 1.95 bits per heavy atom. The number of benzene rings is 1. The number of hydrogen-bond donors (Lipinski definition) is 4. The molecule has 214 valence electrons. The van der Waals surface area contributed by atoms with Crippen molar-refractivity contribution in [1.29, 1.82) is 0 Å². The van der Waals surface area contributed by atoms with Crippen LogP contribution in [0.3, 0.4) is 0 Å². The van der Waals surface area contributed by atoms with E-state index < -0.39 is 0 Å². The van der Waals surface area contributed by atoms with Crippen molar-refractivity contribution in [2.75, 3.05) is 58.9 Å². The number of aliphatic hydroxyl groups excluding tert-OH is 1. The molecule has 1 aliphatic heterocycles. The normalized spacial score (nSPS) is 17.0. The lowest BCUT2D eigenvalue weighted by molar-refractivity contribution is 0.0956. The Bertz CT molecular complexity index is 1310. The molecule has 0 aliphatic carbocycles. The van der Waals surface area contributed by atoms with E-state index in [1.165, 1.54) is 7.05 Å². The number of methoxy groups -OCH3 is 1. The van der Waals surface area contributed by atoms with Gasteiger partial charge in [0.1, 0.15) is 18.0 Å². The van der Waals surface area contributed by atoms with Gasteiger partial charge in [0.2, 0.25) is 5.88 Å². The average molecular weight is 552 g/mol. The Balaban J connectivity index is 1.65. The molecular formula is C28H37N7O5. The molecule has 1 aromatic carbocycles. The van der Waals surface area contributed by atoms with Crippen molar-refractivity contribution >= 4 is 17.8 Å². The lowest BCUT2D eigenvalue weighted by atomic mass is 10.1. The van der Waals surface area contributed by atoms with Crippen molar-refractivity contribution in [1.82, 2.24) is 30.3 Å². The number of nitrogens with one attached hydrogen (secondary N) is 3. The van der Waals surface area contributed by atoms with Gasteiger partial charge in [0.25, 0.3) is 5.91 Å². The zero-order chi connectivity index (χ0) is 28.6. The van der Waals surface area contributed by atoms with E-state index in [1.54, 1.807) is 24.1 Å². The van der Waals surface area contributed by atoms with Crippen molar-refractivity contribution < 1.29 is 24.2 Å². The first-order chi connectivity index (χ1) is 19.4. The summed E-state index contributed by atoms with van der Waals surface area (Å²) in [5.41, 5.74) is 2.79. The molecular weight excluding hydrogens is 514 g/mol. The van der Waals surface area contributed by atoms with Crippen LogP contribution >= 0.6 is 0 Å². The van der Waals surface area contributed by atoms with Crippen LogP contribution in [0.15, 0.2) is 42.6 Å². The van der Waals surface area contributed by atoms with Crippen molar-refractivity contribution in [3.05, 3.63) is 53.7 Å². The van der Waals surface area contributed by atoms with Crippen molar-refractivity contribution in [3.63, 3.8) is 0 Å². The van der Waals surface area contributed by atoms with Crippen LogP contribution in [0.4, 0.5) is 10.6 Å². The highest BCUT2D eigenvalue weighted by Gasteiger charge is 2.31. The molecule has 12 nitrogen and oxygen atoms in total. The maximum Gasteiger partial charge on any atom is 0.320 e. The lowest BCUT2D eigenvalue weighted by Crippen LogP contribution is -2.42. The number of para-hydroxylation sites is 1. The number of nitrogens with zero attached hydrogens (tertiary/aromatic N) is 4. The molecule has 0 radical (unpaired) electrons. The van der Waals surface area contributed by atoms with Crippen LogP contribution in [0.5, 0.6) is 5.88 Å². The third-order valence-corrected chi connectivity index (χ3v) is 6.90. The second-order valence-electron chi connectivity index (χ2n) is 9.73. The van der Waals surface area contributed by atoms with Gasteiger partial charge in [0.15, 0.2) is 0 Å². The third kappa shape index (κ3) is 6.58. The van der Waals surface area contributed by atoms with Crippen molar-refractivity contribution in [3.8, 4) is 22.8 Å². The smallest absolute Gasteiger partial charge is 0.320 e. The molecule has 0 bridgehead atoms. The van der Waals surface area contributed by atoms with Crippen LogP contribution in [-0.2, 0) is 4.74 Å². The fraction of sp³-hybridized carbons (Fsp3) is 0.429. The number of urea groups is 1. The molecule has 1 fully saturated rings. The number of ether oxygens (including phenoxy) is 2. The summed E-state index contributed by atoms with van der Waals surface area (Å²) in [5.74, 6) is 0.521. The maximum atomic E-state index is 13.2. The minimum atomic E-state index is -0.384. The molecule has 0 saturated carbocycles. The number of aromatic nitrogens is 3. The van der Waals surface area contributed by atoms with Gasteiger partial charge in [-0.2, -0.15) is 5.10 Å². The second kappa shape index (κ2) is 13.4. The number of carbonyl (C=O) groups excluding carboxylic acids is 2. The third-order valence-electron chi connectivity index (χ3n) is 6.90. The number of anilines is 1. The fourth-order valence-corrected chi connectivity index (χ4v) is 4.78. The van der Waals surface area contributed by atoms with Gasteiger partial charge in [-0.05, 0) is 31.0 Å². The molecule has 0 unspecified atom stereocenters. The predicted molar refractivity (Wildman–Crippen MR) is 151 cm³/mol. The molecule has 3 amide bonds. The molecule has 1 aliphatic rings. The minimum absolute atomic E-state index is 0.00416. The zero-order valence-electron chi connectivity index (χ0n) is 23.3. The van der Waals surface area contributed by atoms with Crippen LogP contribution in [-0.4, -0.2) is 96.4 Å². The van der Waals surface area contributed by atoms with Crippen LogP contribution in [0.25, 0.3) is 16.9 Å². The number of amides is 3. The largest absolute Gasteiger partial charge is 0.475 e. The monoisotopic (exact) mass is 551 g/mol. The van der Waals surface area contributed by atoms with Gasteiger partial charge >= 0.3 is 6.03 Å². The maximum absolute atomic E-state index is 13.2. The van der Waals surface area contributed by atoms with E-state index in [9.17, 15) is 9.59 Å². The quantitative estimate of drug-likeness (QED) is 0.284. The van der Waals surface area contributed by atoms with E-state index in [0.29, 0.717) is 35.2 Å². The lowest BCUT2D eigenvalue weighted by Gasteiger charge is -2.18. The first-order valence-corrected chi connectivity index (χ1v) is 13.3. The van der Waals surface area contributed by atoms with E-state index in [2.05, 4.69) is 32.8 Å². The minimum Gasteiger partial charge on any atom is -0.475 e. The second-order valence-corrected chi connectivity index (χ2v) is 9.73. The summed E-state index contributed by atoms with van der Waals surface area (Å²) < 4.78 is 12.3. The number of hydrogen-bond acceptors (Lipinski definition) is 8. The van der Waals surface area contributed by atoms with Gasteiger partial charge in [-0.15, -0.1) is 0 Å². The van der Waals surface area contributed by atoms with Gasteiger partial charge < -0.3 is 25.2 Å². The first-order valence-electron chi connectivity index (χ1n) is 13.3. The molecule has 3 aromatic rings. The summed E-state index contributed by atoms with van der Waals surface area (Å²) in [6, 6.07) is 10.8. The highest BCUT2D eigenvalue weighted by atomic mass is 16.5. The Morgan fingerprint density at radius 3 is 2.65 bits per heavy atom. The van der Waals surface area contributed by atoms with E-state index in [1.807, 2.05) is 37.3 Å². The van der Waals surface area contributed by atoms with Crippen LogP contribution in [0.1, 0.15) is 22.8 Å². The number of likely N-dealkylation sites (tertiary alicyclic amines) is 1. The Hall–Kier alpha value is -4.00. The summed E-state index contributed by atoms with van der Waals surface area (Å²) in [5, 5.41) is 22.7. The van der Waals surface area contributed by atoms with E-state index in [4.69, 9.17) is 19.7 Å². The van der Waals surface area contributed by atoms with Crippen LogP contribution < -0.4 is 20.7 Å². The van der Waals surface area contributed by atoms with Crippen molar-refractivity contribution in [2.45, 2.75) is 19.9 Å². The SMILES string of the molecule is CNC(=O)c1cc(-c2nn(-c3ccccc3)c(NC(=O)N[C@@H]3CN(CCOC)C[C@H]3C)c2C)cnc1OCCO. The Morgan fingerprint density at radius 1 is 1.18 bits per heavy atom. The van der Waals surface area contributed by atoms with Gasteiger partial charge in [-0.3, -0.25) is 15.0 Å². The van der Waals surface area contributed by atoms with Gasteiger partial charge in [0, 0.05) is 57.2 Å². The number of rotatable bonds is 11. The molecule has 2 aromatic heterocycles. The summed E-state index contributed by atoms with van der Waals surface area (Å²) in [6.45, 7) is 6.88. The summed E-state index contributed by atoms with van der Waals surface area (Å²) in [6.07, 6.45) is 1.56. The van der Waals surface area contributed by atoms with Crippen LogP contribution in [0, 0.1) is 12.8 Å². The molecule has 2 atom stereocenters. The molecule has 4 N–H and O–H groups in total. The fourth-order valence-electron chi connectivity index (χ4n) is 4.78. The van der Waals surface area contributed by atoms with Crippen molar-refractivity contribution in [2.24, 2.45) is 5.92 Å². The van der Waals surface area contributed by atoms with Crippen LogP contribution in [0.2, 0.25) is 0 Å². The highest BCUT2D eigenvalue weighted by Crippen LogP contribution is 2.32. The summed E-state index contributed by atoms with van der Waals surface area (Å²) in [4.78, 5) is 32.4. The molecule has 12 heteroatoms. The number of carbonyl (C=O) groups is 2. The number of pyridine rings is 1. The zero-order valence-corrected chi connectivity index (χ0v) is 23.3. The Labute approximate surface area is 233 Å². The van der Waals surface area contributed by atoms with E-state index in [0.717, 1.165) is 25.3 Å². The topological polar surface area (TPSA) is 143 Å². The predicted octanol–water partition coefficient (Wildman–Crippen LogP) is 2.06. The van der Waals surface area contributed by atoms with Gasteiger partial charge in [0.05, 0.1) is 24.6 Å². The molecule has 1 saturated heterocycles.